The van der Waals surface area contributed by atoms with Crippen molar-refractivity contribution in [2.45, 2.75) is 44.1 Å². The molecule has 2 aliphatic heterocycles. The van der Waals surface area contributed by atoms with Gasteiger partial charge in [-0.25, -0.2) is 12.7 Å². The van der Waals surface area contributed by atoms with E-state index in [1.165, 1.54) is 19.1 Å². The third-order valence-corrected chi connectivity index (χ3v) is 6.16. The first-order valence-corrected chi connectivity index (χ1v) is 9.68. The Hall–Kier alpha value is -2.46. The maximum atomic E-state index is 12.8. The van der Waals surface area contributed by atoms with Crippen molar-refractivity contribution in [3.05, 3.63) is 29.8 Å². The van der Waals surface area contributed by atoms with Gasteiger partial charge >= 0.3 is 11.9 Å². The second kappa shape index (κ2) is 6.93. The summed E-state index contributed by atoms with van der Waals surface area (Å²) in [5.74, 6) is -3.14. The van der Waals surface area contributed by atoms with Crippen LogP contribution in [0.3, 0.4) is 0 Å². The summed E-state index contributed by atoms with van der Waals surface area (Å²) in [6, 6.07) is 6.04. The number of amides is 1. The lowest BCUT2D eigenvalue weighted by Gasteiger charge is -2.51. The number of carbonyl (C=O) groups is 3. The number of hydrogen-bond donors (Lipinski definition) is 0. The van der Waals surface area contributed by atoms with Gasteiger partial charge in [-0.15, -0.1) is 0 Å². The average Bonchev–Trinajstić information content (AvgIpc) is 2.55. The molecule has 1 amide bonds. The summed E-state index contributed by atoms with van der Waals surface area (Å²) in [5, 5.41) is 0. The topological polar surface area (TPSA) is 116 Å². The second-order valence-corrected chi connectivity index (χ2v) is 8.24. The minimum absolute atomic E-state index is 0.0466. The Morgan fingerprint density at radius 1 is 1.11 bits per heavy atom. The molecule has 10 heteroatoms. The van der Waals surface area contributed by atoms with E-state index in [9.17, 15) is 22.8 Å². The Bertz CT molecular complexity index is 879. The van der Waals surface area contributed by atoms with E-state index in [0.29, 0.717) is 4.31 Å². The highest BCUT2D eigenvalue weighted by molar-refractivity contribution is 7.89. The molecule has 4 atom stereocenters. The smallest absolute Gasteiger partial charge is 0.303 e. The van der Waals surface area contributed by atoms with Gasteiger partial charge in [0, 0.05) is 13.8 Å². The maximum Gasteiger partial charge on any atom is 0.303 e. The molecule has 0 radical (unpaired) electrons. The van der Waals surface area contributed by atoms with Gasteiger partial charge in [0.25, 0.3) is 10.0 Å². The van der Waals surface area contributed by atoms with Crippen LogP contribution in [0.2, 0.25) is 0 Å². The molecule has 27 heavy (non-hydrogen) atoms. The van der Waals surface area contributed by atoms with Crippen molar-refractivity contribution in [3.8, 4) is 0 Å². The van der Waals surface area contributed by atoms with Crippen LogP contribution in [0.15, 0.2) is 29.2 Å². The summed E-state index contributed by atoms with van der Waals surface area (Å²) >= 11 is 0. The van der Waals surface area contributed by atoms with Crippen LogP contribution in [-0.2, 0) is 38.6 Å². The predicted molar refractivity (Wildman–Crippen MR) is 89.5 cm³/mol. The third kappa shape index (κ3) is 3.42. The molecule has 9 nitrogen and oxygen atoms in total. The number of nitrogens with zero attached hydrogens (tertiary/aromatic N) is 1. The molecule has 0 N–H and O–H groups in total. The van der Waals surface area contributed by atoms with Gasteiger partial charge in [0.05, 0.1) is 11.5 Å². The molecule has 2 saturated heterocycles. The average molecular weight is 397 g/mol. The molecule has 1 aromatic rings. The van der Waals surface area contributed by atoms with Crippen molar-refractivity contribution >= 4 is 27.9 Å². The van der Waals surface area contributed by atoms with E-state index in [0.717, 1.165) is 12.5 Å². The lowest BCUT2D eigenvalue weighted by Crippen LogP contribution is -2.72. The fraction of sp³-hybridized carbons (Fsp3) is 0.471. The lowest BCUT2D eigenvalue weighted by molar-refractivity contribution is -0.242. The molecule has 0 spiro atoms. The highest BCUT2D eigenvalue weighted by atomic mass is 32.2. The summed E-state index contributed by atoms with van der Waals surface area (Å²) in [6.07, 6.45) is -3.22. The van der Waals surface area contributed by atoms with Crippen LogP contribution in [0, 0.1) is 12.8 Å². The summed E-state index contributed by atoms with van der Waals surface area (Å²) in [4.78, 5) is 35.3. The van der Waals surface area contributed by atoms with E-state index in [2.05, 4.69) is 0 Å². The van der Waals surface area contributed by atoms with Crippen molar-refractivity contribution in [2.24, 2.45) is 5.92 Å². The predicted octanol–water partition coefficient (Wildman–Crippen LogP) is 0.362. The van der Waals surface area contributed by atoms with Gasteiger partial charge in [-0.1, -0.05) is 17.7 Å². The summed E-state index contributed by atoms with van der Waals surface area (Å²) in [7, 11) is -4.12. The number of aryl methyl sites for hydroxylation is 1. The fourth-order valence-electron chi connectivity index (χ4n) is 3.19. The van der Waals surface area contributed by atoms with E-state index in [4.69, 9.17) is 14.2 Å². The monoisotopic (exact) mass is 397 g/mol. The van der Waals surface area contributed by atoms with E-state index in [-0.39, 0.29) is 11.5 Å². The summed E-state index contributed by atoms with van der Waals surface area (Å²) in [5.41, 5.74) is 0.870. The summed E-state index contributed by atoms with van der Waals surface area (Å²) < 4.78 is 42.0. The van der Waals surface area contributed by atoms with Crippen molar-refractivity contribution in [1.29, 1.82) is 0 Å². The van der Waals surface area contributed by atoms with Gasteiger partial charge in [0.15, 0.2) is 18.4 Å². The van der Waals surface area contributed by atoms with Crippen molar-refractivity contribution < 1.29 is 37.0 Å². The number of rotatable bonds is 4. The molecule has 2 heterocycles. The van der Waals surface area contributed by atoms with Crippen LogP contribution in [-0.4, -0.2) is 55.6 Å². The van der Waals surface area contributed by atoms with Gasteiger partial charge in [-0.3, -0.25) is 14.4 Å². The van der Waals surface area contributed by atoms with E-state index in [1.54, 1.807) is 12.1 Å². The molecular weight excluding hydrogens is 378 g/mol. The molecule has 146 valence electrons. The van der Waals surface area contributed by atoms with Crippen LogP contribution in [0.5, 0.6) is 0 Å². The van der Waals surface area contributed by atoms with E-state index in [1.807, 2.05) is 6.92 Å². The zero-order valence-electron chi connectivity index (χ0n) is 14.9. The Morgan fingerprint density at radius 3 is 2.26 bits per heavy atom. The van der Waals surface area contributed by atoms with E-state index >= 15 is 0 Å². The molecule has 2 fully saturated rings. The van der Waals surface area contributed by atoms with Crippen LogP contribution in [0.25, 0.3) is 0 Å². The highest BCUT2D eigenvalue weighted by Gasteiger charge is 2.63. The number of hydrogen-bond acceptors (Lipinski definition) is 8. The second-order valence-electron chi connectivity index (χ2n) is 6.42. The van der Waals surface area contributed by atoms with Crippen molar-refractivity contribution in [3.63, 3.8) is 0 Å². The van der Waals surface area contributed by atoms with Gasteiger partial charge in [-0.05, 0) is 19.1 Å². The van der Waals surface area contributed by atoms with Crippen LogP contribution in [0.4, 0.5) is 0 Å². The fourth-order valence-corrected chi connectivity index (χ4v) is 4.72. The van der Waals surface area contributed by atoms with Crippen molar-refractivity contribution in [1.82, 2.24) is 4.31 Å². The molecule has 0 aromatic heterocycles. The molecule has 3 rings (SSSR count). The first-order valence-electron chi connectivity index (χ1n) is 8.24. The van der Waals surface area contributed by atoms with Crippen LogP contribution >= 0.6 is 0 Å². The quantitative estimate of drug-likeness (QED) is 0.528. The first kappa shape index (κ1) is 19.3. The minimum Gasteiger partial charge on any atom is -0.457 e. The number of β-lactam (4-membered cyclic amide) rings is 1. The zero-order valence-corrected chi connectivity index (χ0v) is 15.8. The molecule has 0 saturated carbocycles. The third-order valence-electron chi connectivity index (χ3n) is 4.39. The standard InChI is InChI=1S/C17H19NO8S/c1-9-4-6-12(7-5-9)27(22,23)18-16(21)14-15(26-11(3)20)13(25-10(2)19)8-24-17(14)18/h4-7,13-15,17H,8H2,1-3H3/t13-,14+,15+,17+/m0/s1. The van der Waals surface area contributed by atoms with Gasteiger partial charge in [-0.2, -0.15) is 0 Å². The lowest BCUT2D eigenvalue weighted by atomic mass is 9.86. The zero-order chi connectivity index (χ0) is 19.9. The van der Waals surface area contributed by atoms with Crippen LogP contribution < -0.4 is 0 Å². The molecule has 2 aliphatic rings. The van der Waals surface area contributed by atoms with Crippen molar-refractivity contribution in [2.75, 3.05) is 6.61 Å². The molecular formula is C17H19NO8S. The largest absolute Gasteiger partial charge is 0.457 e. The Labute approximate surface area is 156 Å². The number of fused-ring (bicyclic) bond motifs is 1. The number of esters is 2. The summed E-state index contributed by atoms with van der Waals surface area (Å²) in [6.45, 7) is 3.93. The number of sulfonamides is 1. The minimum atomic E-state index is -4.12. The molecule has 0 unspecified atom stereocenters. The number of benzene rings is 1. The number of carbonyl (C=O) groups excluding carboxylic acids is 3. The van der Waals surface area contributed by atoms with Gasteiger partial charge < -0.3 is 14.2 Å². The van der Waals surface area contributed by atoms with Gasteiger partial charge in [0.1, 0.15) is 5.92 Å². The molecule has 0 aliphatic carbocycles. The number of ether oxygens (including phenoxy) is 3. The highest BCUT2D eigenvalue weighted by Crippen LogP contribution is 2.41. The maximum absolute atomic E-state index is 12.8. The Morgan fingerprint density at radius 2 is 1.70 bits per heavy atom. The Kier molecular flexibility index (Phi) is 4.96. The normalized spacial score (nSPS) is 27.4. The van der Waals surface area contributed by atoms with Crippen LogP contribution in [0.1, 0.15) is 19.4 Å². The van der Waals surface area contributed by atoms with Gasteiger partial charge in [0.2, 0.25) is 5.91 Å². The SMILES string of the molecule is CC(=O)O[C@H]1[C@@H]2C(=O)N(S(=O)(=O)c3ccc(C)cc3)[C@@H]2OC[C@@H]1OC(C)=O. The molecule has 0 bridgehead atoms. The molecule has 1 aromatic carbocycles. The first-order chi connectivity index (χ1) is 12.6. The Balaban J connectivity index is 1.88. The van der Waals surface area contributed by atoms with E-state index < -0.39 is 52.2 Å².